The molecule has 0 spiro atoms. The van der Waals surface area contributed by atoms with Gasteiger partial charge in [0.25, 0.3) is 0 Å². The molecule has 0 unspecified atom stereocenters. The maximum Gasteiger partial charge on any atom is 0.129 e. The predicted molar refractivity (Wildman–Crippen MR) is 57.2 cm³/mol. The van der Waals surface area contributed by atoms with Gasteiger partial charge in [-0.15, -0.1) is 0 Å². The summed E-state index contributed by atoms with van der Waals surface area (Å²) in [5, 5.41) is 0.501. The molecule has 2 aromatic rings. The van der Waals surface area contributed by atoms with Crippen molar-refractivity contribution in [3.63, 3.8) is 0 Å². The van der Waals surface area contributed by atoms with Gasteiger partial charge in [0.1, 0.15) is 5.15 Å². The van der Waals surface area contributed by atoms with Gasteiger partial charge in [-0.3, -0.25) is 4.98 Å². The third kappa shape index (κ3) is 1.91. The molecule has 0 radical (unpaired) electrons. The summed E-state index contributed by atoms with van der Waals surface area (Å²) in [6, 6.07) is 7.67. The first-order chi connectivity index (χ1) is 6.75. The number of hydrogen-bond acceptors (Lipinski definition) is 2. The minimum atomic E-state index is 0.501. The standard InChI is InChI=1S/C11H9ClN2/c1-8-2-4-10(13-6-8)9-3-5-11(12)14-7-9/h2-7H,1H3. The van der Waals surface area contributed by atoms with Gasteiger partial charge in [0.15, 0.2) is 0 Å². The molecule has 2 heterocycles. The van der Waals surface area contributed by atoms with E-state index in [1.807, 2.05) is 31.3 Å². The molecular formula is C11H9ClN2. The first-order valence-corrected chi connectivity index (χ1v) is 4.68. The van der Waals surface area contributed by atoms with E-state index in [1.165, 1.54) is 0 Å². The van der Waals surface area contributed by atoms with Crippen molar-refractivity contribution in [3.05, 3.63) is 47.4 Å². The van der Waals surface area contributed by atoms with Gasteiger partial charge in [0.2, 0.25) is 0 Å². The summed E-state index contributed by atoms with van der Waals surface area (Å²) in [5.41, 5.74) is 3.05. The molecule has 0 saturated heterocycles. The Morgan fingerprint density at radius 3 is 2.43 bits per heavy atom. The fourth-order valence-electron chi connectivity index (χ4n) is 1.17. The summed E-state index contributed by atoms with van der Waals surface area (Å²) >= 11 is 5.69. The summed E-state index contributed by atoms with van der Waals surface area (Å²) in [6.45, 7) is 2.01. The van der Waals surface area contributed by atoms with Crippen LogP contribution in [0, 0.1) is 6.92 Å². The van der Waals surface area contributed by atoms with Crippen LogP contribution in [0.1, 0.15) is 5.56 Å². The van der Waals surface area contributed by atoms with Crippen molar-refractivity contribution in [1.29, 1.82) is 0 Å². The van der Waals surface area contributed by atoms with Crippen molar-refractivity contribution < 1.29 is 0 Å². The monoisotopic (exact) mass is 204 g/mol. The molecule has 0 N–H and O–H groups in total. The second-order valence-electron chi connectivity index (χ2n) is 3.09. The summed E-state index contributed by atoms with van der Waals surface area (Å²) in [4.78, 5) is 8.30. The maximum absolute atomic E-state index is 5.69. The molecule has 0 aromatic carbocycles. The highest BCUT2D eigenvalue weighted by Crippen LogP contribution is 2.17. The lowest BCUT2D eigenvalue weighted by atomic mass is 10.2. The number of aromatic nitrogens is 2. The molecule has 0 aliphatic rings. The highest BCUT2D eigenvalue weighted by atomic mass is 35.5. The summed E-state index contributed by atoms with van der Waals surface area (Å²) < 4.78 is 0. The Bertz CT molecular complexity index is 377. The van der Waals surface area contributed by atoms with E-state index in [1.54, 1.807) is 12.3 Å². The summed E-state index contributed by atoms with van der Waals surface area (Å²) in [7, 11) is 0. The zero-order chi connectivity index (χ0) is 9.97. The van der Waals surface area contributed by atoms with Gasteiger partial charge in [-0.25, -0.2) is 4.98 Å². The van der Waals surface area contributed by atoms with Crippen molar-refractivity contribution in [2.24, 2.45) is 0 Å². The Morgan fingerprint density at radius 2 is 1.86 bits per heavy atom. The Morgan fingerprint density at radius 1 is 1.00 bits per heavy atom. The molecule has 0 atom stereocenters. The Kier molecular flexibility index (Phi) is 2.46. The second kappa shape index (κ2) is 3.76. The molecule has 0 bridgehead atoms. The van der Waals surface area contributed by atoms with Crippen LogP contribution in [0.3, 0.4) is 0 Å². The molecule has 0 aliphatic heterocycles. The Labute approximate surface area is 87.6 Å². The number of nitrogens with zero attached hydrogens (tertiary/aromatic N) is 2. The van der Waals surface area contributed by atoms with E-state index in [4.69, 9.17) is 11.6 Å². The highest BCUT2D eigenvalue weighted by molar-refractivity contribution is 6.29. The van der Waals surface area contributed by atoms with Crippen LogP contribution in [0.5, 0.6) is 0 Å². The number of rotatable bonds is 1. The third-order valence-corrected chi connectivity index (χ3v) is 2.16. The highest BCUT2D eigenvalue weighted by Gasteiger charge is 1.98. The van der Waals surface area contributed by atoms with Crippen LogP contribution < -0.4 is 0 Å². The van der Waals surface area contributed by atoms with Crippen LogP contribution >= 0.6 is 11.6 Å². The molecule has 0 saturated carbocycles. The average molecular weight is 205 g/mol. The van der Waals surface area contributed by atoms with Gasteiger partial charge in [0, 0.05) is 18.0 Å². The van der Waals surface area contributed by atoms with Crippen LogP contribution in [0.25, 0.3) is 11.3 Å². The van der Waals surface area contributed by atoms with E-state index < -0.39 is 0 Å². The molecule has 2 aromatic heterocycles. The Balaban J connectivity index is 2.40. The van der Waals surface area contributed by atoms with Crippen LogP contribution in [0.15, 0.2) is 36.7 Å². The first kappa shape index (κ1) is 9.16. The summed E-state index contributed by atoms with van der Waals surface area (Å²) in [5.74, 6) is 0. The summed E-state index contributed by atoms with van der Waals surface area (Å²) in [6.07, 6.45) is 3.56. The lowest BCUT2D eigenvalue weighted by Gasteiger charge is -2.00. The largest absolute Gasteiger partial charge is 0.256 e. The minimum Gasteiger partial charge on any atom is -0.256 e. The van der Waals surface area contributed by atoms with Crippen molar-refractivity contribution in [1.82, 2.24) is 9.97 Å². The zero-order valence-corrected chi connectivity index (χ0v) is 8.49. The van der Waals surface area contributed by atoms with E-state index >= 15 is 0 Å². The van der Waals surface area contributed by atoms with Crippen LogP contribution in [-0.2, 0) is 0 Å². The van der Waals surface area contributed by atoms with Gasteiger partial charge >= 0.3 is 0 Å². The van der Waals surface area contributed by atoms with Crippen molar-refractivity contribution >= 4 is 11.6 Å². The van der Waals surface area contributed by atoms with Gasteiger partial charge in [-0.2, -0.15) is 0 Å². The van der Waals surface area contributed by atoms with Crippen LogP contribution in [0.4, 0.5) is 0 Å². The SMILES string of the molecule is Cc1ccc(-c2ccc(Cl)nc2)nc1. The fraction of sp³-hybridized carbons (Fsp3) is 0.0909. The quantitative estimate of drug-likeness (QED) is 0.667. The molecule has 2 nitrogen and oxygen atoms in total. The van der Waals surface area contributed by atoms with Crippen molar-refractivity contribution in [2.75, 3.05) is 0 Å². The lowest BCUT2D eigenvalue weighted by molar-refractivity contribution is 1.25. The van der Waals surface area contributed by atoms with Gasteiger partial charge in [-0.1, -0.05) is 17.7 Å². The number of halogens is 1. The lowest BCUT2D eigenvalue weighted by Crippen LogP contribution is -1.85. The van der Waals surface area contributed by atoms with E-state index in [9.17, 15) is 0 Å². The molecule has 3 heteroatoms. The normalized spacial score (nSPS) is 10.1. The number of hydrogen-bond donors (Lipinski definition) is 0. The van der Waals surface area contributed by atoms with Gasteiger partial charge in [0.05, 0.1) is 5.69 Å². The van der Waals surface area contributed by atoms with Crippen LogP contribution in [-0.4, -0.2) is 9.97 Å². The van der Waals surface area contributed by atoms with Gasteiger partial charge < -0.3 is 0 Å². The molecule has 2 rings (SSSR count). The molecule has 0 aliphatic carbocycles. The second-order valence-corrected chi connectivity index (χ2v) is 3.48. The third-order valence-electron chi connectivity index (χ3n) is 1.93. The maximum atomic E-state index is 5.69. The number of aryl methyl sites for hydroxylation is 1. The topological polar surface area (TPSA) is 25.8 Å². The molecule has 0 amide bonds. The minimum absolute atomic E-state index is 0.501. The Hall–Kier alpha value is -1.41. The van der Waals surface area contributed by atoms with E-state index in [2.05, 4.69) is 9.97 Å². The number of pyridine rings is 2. The van der Waals surface area contributed by atoms with E-state index in [0.29, 0.717) is 5.15 Å². The van der Waals surface area contributed by atoms with Crippen molar-refractivity contribution in [2.45, 2.75) is 6.92 Å². The molecular weight excluding hydrogens is 196 g/mol. The zero-order valence-electron chi connectivity index (χ0n) is 7.74. The molecule has 14 heavy (non-hydrogen) atoms. The van der Waals surface area contributed by atoms with Gasteiger partial charge in [-0.05, 0) is 30.7 Å². The smallest absolute Gasteiger partial charge is 0.129 e. The van der Waals surface area contributed by atoms with Crippen molar-refractivity contribution in [3.8, 4) is 11.3 Å². The first-order valence-electron chi connectivity index (χ1n) is 4.30. The van der Waals surface area contributed by atoms with E-state index in [-0.39, 0.29) is 0 Å². The average Bonchev–Trinajstić information content (AvgIpc) is 2.21. The molecule has 70 valence electrons. The van der Waals surface area contributed by atoms with E-state index in [0.717, 1.165) is 16.8 Å². The fourth-order valence-corrected chi connectivity index (χ4v) is 1.28. The molecule has 0 fully saturated rings. The predicted octanol–water partition coefficient (Wildman–Crippen LogP) is 3.11. The van der Waals surface area contributed by atoms with Crippen LogP contribution in [0.2, 0.25) is 5.15 Å².